The summed E-state index contributed by atoms with van der Waals surface area (Å²) in [5, 5.41) is 4.33. The number of anilines is 1. The maximum Gasteiger partial charge on any atom is 0.252 e. The zero-order chi connectivity index (χ0) is 24.4. The van der Waals surface area contributed by atoms with E-state index in [1.165, 1.54) is 23.8 Å². The maximum absolute atomic E-state index is 13.1. The number of carbonyl (C=O) groups excluding carboxylic acids is 1. The van der Waals surface area contributed by atoms with Crippen LogP contribution in [0.5, 0.6) is 0 Å². The molecule has 0 spiro atoms. The number of pyridine rings is 1. The number of imidazole rings is 1. The molecule has 7 nitrogen and oxygen atoms in total. The van der Waals surface area contributed by atoms with Crippen molar-refractivity contribution in [3.05, 3.63) is 65.6 Å². The number of para-hydroxylation sites is 1. The van der Waals surface area contributed by atoms with E-state index in [0.29, 0.717) is 12.1 Å². The molecule has 1 fully saturated rings. The highest BCUT2D eigenvalue weighted by atomic mass is 16.1. The molecule has 0 aliphatic heterocycles. The Balaban J connectivity index is 1.35. The minimum absolute atomic E-state index is 0.0496. The van der Waals surface area contributed by atoms with E-state index >= 15 is 0 Å². The van der Waals surface area contributed by atoms with Crippen molar-refractivity contribution in [3.63, 3.8) is 0 Å². The first kappa shape index (κ1) is 23.4. The van der Waals surface area contributed by atoms with Gasteiger partial charge >= 0.3 is 0 Å². The number of hydrogen-bond acceptors (Lipinski definition) is 4. The van der Waals surface area contributed by atoms with Crippen molar-refractivity contribution in [2.45, 2.75) is 32.6 Å². The number of aryl methyl sites for hydroxylation is 1. The number of H-pyrrole nitrogens is 1. The third kappa shape index (κ3) is 5.20. The average Bonchev–Trinajstić information content (AvgIpc) is 3.47. The molecule has 4 aromatic rings. The van der Waals surface area contributed by atoms with Crippen LogP contribution in [-0.4, -0.2) is 65.5 Å². The minimum atomic E-state index is -0.0496. The third-order valence-electron chi connectivity index (χ3n) is 6.91. The van der Waals surface area contributed by atoms with Crippen LogP contribution in [0.2, 0.25) is 0 Å². The van der Waals surface area contributed by atoms with Crippen molar-refractivity contribution >= 4 is 28.3 Å². The van der Waals surface area contributed by atoms with Gasteiger partial charge < -0.3 is 20.1 Å². The fraction of sp³-hybridized carbons (Fsp3) is 0.429. The summed E-state index contributed by atoms with van der Waals surface area (Å²) in [5.74, 6) is 1.86. The predicted molar refractivity (Wildman–Crippen MR) is 142 cm³/mol. The standard InChI is InChI=1S/C28H36N6O/c1-4-24-28(33(16-15-32(2)3)18-20-9-10-20)34-19-22(11-12-26(34)31-24)27(35)29-14-13-21-17-30-25-8-6-5-7-23(21)25/h5-8,11-12,17,19-20,30H,4,9-10,13-16,18H2,1-3H3,(H,29,35). The molecule has 1 amide bonds. The second-order valence-corrected chi connectivity index (χ2v) is 9.94. The zero-order valence-electron chi connectivity index (χ0n) is 21.1. The number of benzene rings is 1. The summed E-state index contributed by atoms with van der Waals surface area (Å²) in [4.78, 5) is 26.0. The smallest absolute Gasteiger partial charge is 0.252 e. The van der Waals surface area contributed by atoms with Crippen molar-refractivity contribution in [1.29, 1.82) is 0 Å². The van der Waals surface area contributed by atoms with E-state index in [4.69, 9.17) is 4.98 Å². The molecule has 1 aliphatic rings. The Morgan fingerprint density at radius 3 is 2.77 bits per heavy atom. The van der Waals surface area contributed by atoms with Crippen molar-refractivity contribution in [1.82, 2.24) is 24.6 Å². The van der Waals surface area contributed by atoms with Crippen LogP contribution in [-0.2, 0) is 12.8 Å². The van der Waals surface area contributed by atoms with Gasteiger partial charge in [0.1, 0.15) is 11.5 Å². The van der Waals surface area contributed by atoms with Gasteiger partial charge in [-0.2, -0.15) is 0 Å². The van der Waals surface area contributed by atoms with Gasteiger partial charge in [-0.05, 0) is 69.5 Å². The van der Waals surface area contributed by atoms with Crippen LogP contribution in [0.15, 0.2) is 48.8 Å². The van der Waals surface area contributed by atoms with Gasteiger partial charge in [-0.25, -0.2) is 4.98 Å². The van der Waals surface area contributed by atoms with Crippen molar-refractivity contribution in [2.75, 3.05) is 45.2 Å². The summed E-state index contributed by atoms with van der Waals surface area (Å²) in [7, 11) is 4.23. The second-order valence-electron chi connectivity index (χ2n) is 9.94. The number of likely N-dealkylation sites (N-methyl/N-ethyl adjacent to an activating group) is 1. The lowest BCUT2D eigenvalue weighted by molar-refractivity contribution is 0.0953. The molecular weight excluding hydrogens is 436 g/mol. The Morgan fingerprint density at radius 1 is 1.17 bits per heavy atom. The van der Waals surface area contributed by atoms with Gasteiger partial charge in [-0.3, -0.25) is 9.20 Å². The van der Waals surface area contributed by atoms with Crippen LogP contribution in [0, 0.1) is 5.92 Å². The van der Waals surface area contributed by atoms with Gasteiger partial charge in [0.05, 0.1) is 11.3 Å². The van der Waals surface area contributed by atoms with Crippen LogP contribution < -0.4 is 10.2 Å². The molecule has 3 heterocycles. The van der Waals surface area contributed by atoms with Crippen LogP contribution in [0.1, 0.15) is 41.4 Å². The first-order chi connectivity index (χ1) is 17.0. The number of aromatic amines is 1. The molecule has 5 rings (SSSR count). The van der Waals surface area contributed by atoms with Crippen molar-refractivity contribution < 1.29 is 4.79 Å². The molecule has 1 aliphatic carbocycles. The van der Waals surface area contributed by atoms with E-state index < -0.39 is 0 Å². The summed E-state index contributed by atoms with van der Waals surface area (Å²) in [6.07, 6.45) is 8.27. The lowest BCUT2D eigenvalue weighted by atomic mass is 10.1. The summed E-state index contributed by atoms with van der Waals surface area (Å²) >= 11 is 0. The van der Waals surface area contributed by atoms with Crippen LogP contribution in [0.3, 0.4) is 0 Å². The van der Waals surface area contributed by atoms with E-state index in [2.05, 4.69) is 57.7 Å². The lowest BCUT2D eigenvalue weighted by Gasteiger charge is -2.27. The van der Waals surface area contributed by atoms with Gasteiger partial charge in [0.15, 0.2) is 0 Å². The number of carbonyl (C=O) groups is 1. The molecule has 0 bridgehead atoms. The van der Waals surface area contributed by atoms with Crippen LogP contribution in [0.25, 0.3) is 16.6 Å². The molecule has 0 saturated heterocycles. The fourth-order valence-electron chi connectivity index (χ4n) is 4.76. The number of fused-ring (bicyclic) bond motifs is 2. The monoisotopic (exact) mass is 472 g/mol. The topological polar surface area (TPSA) is 68.7 Å². The normalized spacial score (nSPS) is 13.7. The molecule has 0 radical (unpaired) electrons. The maximum atomic E-state index is 13.1. The predicted octanol–water partition coefficient (Wildman–Crippen LogP) is 4.13. The van der Waals surface area contributed by atoms with E-state index in [1.54, 1.807) is 0 Å². The quantitative estimate of drug-likeness (QED) is 0.344. The molecular formula is C28H36N6O. The van der Waals surface area contributed by atoms with Gasteiger partial charge in [0, 0.05) is 49.5 Å². The summed E-state index contributed by atoms with van der Waals surface area (Å²) in [5.41, 5.74) is 5.01. The first-order valence-corrected chi connectivity index (χ1v) is 12.8. The molecule has 35 heavy (non-hydrogen) atoms. The molecule has 1 aromatic carbocycles. The number of hydrogen-bond donors (Lipinski definition) is 2. The molecule has 3 aromatic heterocycles. The largest absolute Gasteiger partial charge is 0.361 e. The highest BCUT2D eigenvalue weighted by Gasteiger charge is 2.27. The zero-order valence-corrected chi connectivity index (χ0v) is 21.1. The van der Waals surface area contributed by atoms with Crippen LogP contribution >= 0.6 is 0 Å². The highest BCUT2D eigenvalue weighted by molar-refractivity contribution is 5.94. The number of rotatable bonds is 11. The minimum Gasteiger partial charge on any atom is -0.361 e. The number of aromatic nitrogens is 3. The highest BCUT2D eigenvalue weighted by Crippen LogP contribution is 2.33. The Bertz CT molecular complexity index is 1320. The average molecular weight is 473 g/mol. The van der Waals surface area contributed by atoms with Crippen LogP contribution in [0.4, 0.5) is 5.82 Å². The van der Waals surface area contributed by atoms with E-state index in [-0.39, 0.29) is 5.91 Å². The fourth-order valence-corrected chi connectivity index (χ4v) is 4.76. The van der Waals surface area contributed by atoms with E-state index in [0.717, 1.165) is 61.1 Å². The molecule has 0 atom stereocenters. The summed E-state index contributed by atoms with van der Waals surface area (Å²) in [6.45, 7) is 5.73. The number of nitrogens with zero attached hydrogens (tertiary/aromatic N) is 4. The molecule has 0 unspecified atom stereocenters. The molecule has 1 saturated carbocycles. The van der Waals surface area contributed by atoms with E-state index in [1.807, 2.05) is 36.7 Å². The van der Waals surface area contributed by atoms with Gasteiger partial charge in [-0.15, -0.1) is 0 Å². The Labute approximate surface area is 207 Å². The van der Waals surface area contributed by atoms with Crippen molar-refractivity contribution in [2.24, 2.45) is 5.92 Å². The Kier molecular flexibility index (Phi) is 6.77. The van der Waals surface area contributed by atoms with Crippen molar-refractivity contribution in [3.8, 4) is 0 Å². The molecule has 2 N–H and O–H groups in total. The summed E-state index contributed by atoms with van der Waals surface area (Å²) < 4.78 is 2.13. The SMILES string of the molecule is CCc1nc2ccc(C(=O)NCCc3c[nH]c4ccccc34)cn2c1N(CCN(C)C)CC1CC1. The lowest BCUT2D eigenvalue weighted by Crippen LogP contribution is -2.34. The Hall–Kier alpha value is -3.32. The van der Waals surface area contributed by atoms with Gasteiger partial charge in [0.25, 0.3) is 5.91 Å². The Morgan fingerprint density at radius 2 is 2.00 bits per heavy atom. The molecule has 184 valence electrons. The first-order valence-electron chi connectivity index (χ1n) is 12.8. The number of nitrogens with one attached hydrogen (secondary N) is 2. The summed E-state index contributed by atoms with van der Waals surface area (Å²) in [6, 6.07) is 12.1. The number of amides is 1. The molecule has 7 heteroatoms. The van der Waals surface area contributed by atoms with E-state index in [9.17, 15) is 4.79 Å². The second kappa shape index (κ2) is 10.1. The van der Waals surface area contributed by atoms with Gasteiger partial charge in [0.2, 0.25) is 0 Å². The third-order valence-corrected chi connectivity index (χ3v) is 6.91. The van der Waals surface area contributed by atoms with Gasteiger partial charge in [-0.1, -0.05) is 25.1 Å².